The number of aliphatic imine (C=N–C) groups is 1. The smallest absolute Gasteiger partial charge is 0.213 e. The molecule has 1 heterocycles. The highest BCUT2D eigenvalue weighted by Crippen LogP contribution is 2.29. The Balaban J connectivity index is 0.00000261. The zero-order valence-corrected chi connectivity index (χ0v) is 19.6. The van der Waals surface area contributed by atoms with Gasteiger partial charge < -0.3 is 15.5 Å². The molecule has 0 atom stereocenters. The number of piperidine rings is 1. The summed E-state index contributed by atoms with van der Waals surface area (Å²) in [6, 6.07) is 1.27. The van der Waals surface area contributed by atoms with Gasteiger partial charge in [-0.2, -0.15) is 0 Å². The van der Waals surface area contributed by atoms with Gasteiger partial charge in [0.05, 0.1) is 12.3 Å². The van der Waals surface area contributed by atoms with Crippen molar-refractivity contribution in [3.05, 3.63) is 0 Å². The highest BCUT2D eigenvalue weighted by Gasteiger charge is 2.31. The molecule has 2 aliphatic carbocycles. The van der Waals surface area contributed by atoms with E-state index in [9.17, 15) is 8.42 Å². The number of halogens is 1. The number of likely N-dealkylation sites (tertiary alicyclic amines) is 1. The molecule has 0 aromatic heterocycles. The van der Waals surface area contributed by atoms with Crippen LogP contribution in [0.1, 0.15) is 51.9 Å². The Morgan fingerprint density at radius 3 is 2.37 bits per heavy atom. The predicted octanol–water partition coefficient (Wildman–Crippen LogP) is 1.51. The van der Waals surface area contributed by atoms with E-state index in [1.165, 1.54) is 19.3 Å². The summed E-state index contributed by atoms with van der Waals surface area (Å²) in [6.45, 7) is 5.99. The molecular weight excluding hydrogens is 477 g/mol. The molecule has 3 aliphatic rings. The summed E-state index contributed by atoms with van der Waals surface area (Å²) in [5.74, 6) is 1.33. The lowest BCUT2D eigenvalue weighted by Gasteiger charge is -2.33. The molecule has 0 spiro atoms. The van der Waals surface area contributed by atoms with Crippen LogP contribution in [0.5, 0.6) is 0 Å². The molecule has 3 rings (SSSR count). The van der Waals surface area contributed by atoms with Gasteiger partial charge in [-0.1, -0.05) is 6.42 Å². The molecule has 0 aromatic rings. The van der Waals surface area contributed by atoms with Crippen LogP contribution in [0.25, 0.3) is 0 Å². The summed E-state index contributed by atoms with van der Waals surface area (Å²) >= 11 is 0. The van der Waals surface area contributed by atoms with E-state index in [1.807, 2.05) is 6.92 Å². The summed E-state index contributed by atoms with van der Waals surface area (Å²) in [4.78, 5) is 7.08. The van der Waals surface area contributed by atoms with Crippen LogP contribution < -0.4 is 15.4 Å². The minimum atomic E-state index is -3.23. The first kappa shape index (κ1) is 23.2. The van der Waals surface area contributed by atoms with Crippen molar-refractivity contribution in [1.29, 1.82) is 0 Å². The number of nitrogens with one attached hydrogen (secondary N) is 3. The maximum Gasteiger partial charge on any atom is 0.213 e. The van der Waals surface area contributed by atoms with Gasteiger partial charge in [0, 0.05) is 38.3 Å². The highest BCUT2D eigenvalue weighted by atomic mass is 127. The van der Waals surface area contributed by atoms with Crippen LogP contribution in [0.15, 0.2) is 4.99 Å². The topological polar surface area (TPSA) is 85.8 Å². The molecule has 0 radical (unpaired) electrons. The van der Waals surface area contributed by atoms with Crippen LogP contribution in [-0.4, -0.2) is 69.8 Å². The van der Waals surface area contributed by atoms with Gasteiger partial charge in [-0.05, 0) is 51.4 Å². The molecule has 0 unspecified atom stereocenters. The number of guanidine groups is 1. The second-order valence-corrected chi connectivity index (χ2v) is 9.84. The Bertz CT molecular complexity index is 570. The first-order valence-electron chi connectivity index (χ1n) is 10.3. The van der Waals surface area contributed by atoms with Crippen molar-refractivity contribution in [2.24, 2.45) is 10.9 Å². The number of sulfonamides is 1. The molecule has 9 heteroatoms. The van der Waals surface area contributed by atoms with Gasteiger partial charge in [0.1, 0.15) is 0 Å². The maximum atomic E-state index is 12.1. The van der Waals surface area contributed by atoms with Crippen LogP contribution in [0, 0.1) is 5.92 Å². The van der Waals surface area contributed by atoms with Gasteiger partial charge in [-0.3, -0.25) is 4.99 Å². The zero-order chi connectivity index (χ0) is 18.4. The van der Waals surface area contributed by atoms with E-state index in [2.05, 4.69) is 25.2 Å². The van der Waals surface area contributed by atoms with E-state index in [4.69, 9.17) is 0 Å². The molecule has 158 valence electrons. The summed E-state index contributed by atoms with van der Waals surface area (Å²) < 4.78 is 26.9. The first-order valence-corrected chi connectivity index (χ1v) is 12.0. The molecule has 7 nitrogen and oxygen atoms in total. The lowest BCUT2D eigenvalue weighted by Crippen LogP contribution is -2.49. The Morgan fingerprint density at radius 2 is 1.81 bits per heavy atom. The van der Waals surface area contributed by atoms with E-state index in [1.54, 1.807) is 0 Å². The third-order valence-electron chi connectivity index (χ3n) is 5.72. The van der Waals surface area contributed by atoms with E-state index >= 15 is 0 Å². The molecule has 3 fully saturated rings. The second-order valence-electron chi connectivity index (χ2n) is 7.91. The average Bonchev–Trinajstić information content (AvgIpc) is 3.39. The molecule has 0 amide bonds. The minimum Gasteiger partial charge on any atom is -0.357 e. The van der Waals surface area contributed by atoms with E-state index < -0.39 is 10.0 Å². The number of rotatable bonds is 9. The van der Waals surface area contributed by atoms with Crippen LogP contribution >= 0.6 is 24.0 Å². The predicted molar refractivity (Wildman–Crippen MR) is 121 cm³/mol. The van der Waals surface area contributed by atoms with Crippen molar-refractivity contribution in [2.45, 2.75) is 64.0 Å². The molecular formula is C18H36IN5O2S. The first-order chi connectivity index (χ1) is 12.6. The largest absolute Gasteiger partial charge is 0.357 e. The van der Waals surface area contributed by atoms with Crippen LogP contribution in [0.4, 0.5) is 0 Å². The van der Waals surface area contributed by atoms with Gasteiger partial charge in [-0.25, -0.2) is 13.1 Å². The van der Waals surface area contributed by atoms with E-state index in [-0.39, 0.29) is 36.3 Å². The minimum absolute atomic E-state index is 0. The zero-order valence-electron chi connectivity index (χ0n) is 16.5. The van der Waals surface area contributed by atoms with Crippen molar-refractivity contribution in [1.82, 2.24) is 20.3 Å². The van der Waals surface area contributed by atoms with Crippen LogP contribution in [-0.2, 0) is 10.0 Å². The average molecular weight is 513 g/mol. The Kier molecular flexibility index (Phi) is 9.57. The lowest BCUT2D eigenvalue weighted by molar-refractivity contribution is 0.197. The molecule has 0 aromatic carbocycles. The lowest BCUT2D eigenvalue weighted by atomic mass is 9.86. The number of nitrogens with zero attached hydrogens (tertiary/aromatic N) is 2. The Labute approximate surface area is 181 Å². The van der Waals surface area contributed by atoms with Crippen LogP contribution in [0.2, 0.25) is 0 Å². The molecule has 0 bridgehead atoms. The monoisotopic (exact) mass is 513 g/mol. The summed E-state index contributed by atoms with van der Waals surface area (Å²) in [5.41, 5.74) is 0. The van der Waals surface area contributed by atoms with Gasteiger partial charge >= 0.3 is 0 Å². The fourth-order valence-electron chi connectivity index (χ4n) is 3.65. The summed E-state index contributed by atoms with van der Waals surface area (Å²) in [6.07, 6.45) is 8.51. The quantitative estimate of drug-likeness (QED) is 0.247. The molecule has 1 aliphatic heterocycles. The van der Waals surface area contributed by atoms with Gasteiger partial charge in [0.15, 0.2) is 5.96 Å². The third-order valence-corrected chi connectivity index (χ3v) is 7.05. The standard InChI is InChI=1S/C18H35N5O2S.HI/c1-2-19-18(22-16-8-11-23(12-9-16)17-6-7-17)20-10-13-26(24,25)21-14-15-4-3-5-15;/h15-17,21H,2-14H2,1H3,(H2,19,20,22);1H. The van der Waals surface area contributed by atoms with Crippen molar-refractivity contribution in [3.8, 4) is 0 Å². The molecule has 3 N–H and O–H groups in total. The molecule has 2 saturated carbocycles. The van der Waals surface area contributed by atoms with Crippen molar-refractivity contribution in [3.63, 3.8) is 0 Å². The van der Waals surface area contributed by atoms with Crippen molar-refractivity contribution in [2.75, 3.05) is 38.5 Å². The fourth-order valence-corrected chi connectivity index (χ4v) is 4.62. The molecule has 1 saturated heterocycles. The van der Waals surface area contributed by atoms with E-state index in [0.29, 0.717) is 18.5 Å². The maximum absolute atomic E-state index is 12.1. The number of hydrogen-bond donors (Lipinski definition) is 3. The van der Waals surface area contributed by atoms with Crippen molar-refractivity contribution < 1.29 is 8.42 Å². The fraction of sp³-hybridized carbons (Fsp3) is 0.944. The Morgan fingerprint density at radius 1 is 1.11 bits per heavy atom. The number of hydrogen-bond acceptors (Lipinski definition) is 4. The summed E-state index contributed by atoms with van der Waals surface area (Å²) in [7, 11) is -3.23. The van der Waals surface area contributed by atoms with Gasteiger partial charge in [-0.15, -0.1) is 24.0 Å². The second kappa shape index (κ2) is 11.2. The van der Waals surface area contributed by atoms with Crippen molar-refractivity contribution >= 4 is 40.0 Å². The normalized spacial score (nSPS) is 22.8. The Hall–Kier alpha value is -0.130. The van der Waals surface area contributed by atoms with Gasteiger partial charge in [0.25, 0.3) is 0 Å². The highest BCUT2D eigenvalue weighted by molar-refractivity contribution is 14.0. The van der Waals surface area contributed by atoms with E-state index in [0.717, 1.165) is 57.3 Å². The third kappa shape index (κ3) is 8.02. The SMILES string of the molecule is CCNC(=NCCS(=O)(=O)NCC1CCC1)NC1CCN(C2CC2)CC1.I. The summed E-state index contributed by atoms with van der Waals surface area (Å²) in [5, 5.41) is 6.73. The van der Waals surface area contributed by atoms with Gasteiger partial charge in [0.2, 0.25) is 10.0 Å². The molecule has 27 heavy (non-hydrogen) atoms. The van der Waals surface area contributed by atoms with Crippen LogP contribution in [0.3, 0.4) is 0 Å².